The van der Waals surface area contributed by atoms with Crippen molar-refractivity contribution >= 4 is 49.3 Å². The molecule has 13 rings (SSSR count). The second-order valence-corrected chi connectivity index (χ2v) is 18.1. The first kappa shape index (κ1) is 43.3. The van der Waals surface area contributed by atoms with Crippen molar-refractivity contribution in [1.29, 1.82) is 10.5 Å². The fourth-order valence-electron chi connectivity index (χ4n) is 10.4. The molecule has 8 heteroatoms. The first-order chi connectivity index (χ1) is 36.5. The molecule has 3 heterocycles. The van der Waals surface area contributed by atoms with Gasteiger partial charge in [0, 0.05) is 43.8 Å². The highest BCUT2D eigenvalue weighted by atomic mass is 15.1. The van der Waals surface area contributed by atoms with E-state index in [9.17, 15) is 10.5 Å². The molecule has 0 unspecified atom stereocenters. The summed E-state index contributed by atoms with van der Waals surface area (Å²) >= 11 is 0. The Bertz CT molecular complexity index is 4450. The van der Waals surface area contributed by atoms with Crippen LogP contribution in [0, 0.1) is 29.2 Å². The van der Waals surface area contributed by atoms with Crippen molar-refractivity contribution < 1.29 is 0 Å². The Hall–Kier alpha value is -10.7. The van der Waals surface area contributed by atoms with Crippen LogP contribution in [0.4, 0.5) is 5.69 Å². The van der Waals surface area contributed by atoms with Gasteiger partial charge >= 0.3 is 0 Å². The summed E-state index contributed by atoms with van der Waals surface area (Å²) in [6.07, 6.45) is 0. The zero-order chi connectivity index (χ0) is 49.7. The molecule has 0 N–H and O–H groups in total. The summed E-state index contributed by atoms with van der Waals surface area (Å²) in [6, 6.07) is 82.1. The molecule has 0 amide bonds. The van der Waals surface area contributed by atoms with Crippen molar-refractivity contribution in [3.63, 3.8) is 0 Å². The number of fused-ring (bicyclic) bond motifs is 6. The SMILES string of the molecule is [C-]#[N+]c1cccc(-c2cc(-c3nc(-c4cccc(-c5cccc(C#N)c5)c4)nc(-c4cc(-c5cccc(C#N)c5)ccc4-n4c5ccccc5c5ccccc54)n3)ccc2-n2c3ccccc3c3ccccc32)c1. The number of aromatic nitrogens is 5. The summed E-state index contributed by atoms with van der Waals surface area (Å²) in [7, 11) is 0. The van der Waals surface area contributed by atoms with Gasteiger partial charge in [-0.15, -0.1) is 0 Å². The average Bonchev–Trinajstić information content (AvgIpc) is 4.03. The van der Waals surface area contributed by atoms with Gasteiger partial charge in [-0.2, -0.15) is 10.5 Å². The smallest absolute Gasteiger partial charge is 0.187 e. The fourth-order valence-corrected chi connectivity index (χ4v) is 10.4. The van der Waals surface area contributed by atoms with Crippen LogP contribution in [0.2, 0.25) is 0 Å². The second kappa shape index (κ2) is 17.9. The van der Waals surface area contributed by atoms with E-state index in [1.165, 1.54) is 0 Å². The number of benzene rings is 10. The Morgan fingerprint density at radius 2 is 0.730 bits per heavy atom. The van der Waals surface area contributed by atoms with Gasteiger partial charge in [0.05, 0.1) is 63.3 Å². The quantitative estimate of drug-likeness (QED) is 0.141. The highest BCUT2D eigenvalue weighted by molar-refractivity contribution is 6.11. The van der Waals surface area contributed by atoms with Gasteiger partial charge in [0.25, 0.3) is 0 Å². The molecule has 0 aliphatic carbocycles. The minimum Gasteiger partial charge on any atom is -0.309 e. The van der Waals surface area contributed by atoms with Crippen molar-refractivity contribution in [3.05, 3.63) is 253 Å². The van der Waals surface area contributed by atoms with Gasteiger partial charge in [-0.05, 0) is 119 Å². The summed E-state index contributed by atoms with van der Waals surface area (Å²) in [5.74, 6) is 1.35. The fraction of sp³-hybridized carbons (Fsp3) is 0. The predicted molar refractivity (Wildman–Crippen MR) is 297 cm³/mol. The van der Waals surface area contributed by atoms with E-state index in [2.05, 4.69) is 166 Å². The highest BCUT2D eigenvalue weighted by Gasteiger charge is 2.23. The molecule has 0 radical (unpaired) electrons. The van der Waals surface area contributed by atoms with E-state index in [0.29, 0.717) is 34.3 Å². The molecule has 74 heavy (non-hydrogen) atoms. The molecule has 342 valence electrons. The zero-order valence-electron chi connectivity index (χ0n) is 39.5. The third-order valence-corrected chi connectivity index (χ3v) is 13.8. The van der Waals surface area contributed by atoms with Crippen LogP contribution in [0.3, 0.4) is 0 Å². The van der Waals surface area contributed by atoms with Crippen LogP contribution in [0.1, 0.15) is 11.1 Å². The summed E-state index contributed by atoms with van der Waals surface area (Å²) in [4.78, 5) is 20.1. The van der Waals surface area contributed by atoms with Crippen molar-refractivity contribution in [2.45, 2.75) is 0 Å². The standard InChI is InChI=1S/C66H38N8/c1-69-51-21-13-19-48(37-51)56-39-50(31-33-62(56)73-58-26-6-2-22-52(58)53-23-3-7-27-59(53)73)65-70-64(49-20-12-18-46(36-49)44-16-10-14-42(34-44)40-67)71-66(72-65)57-38-47(45-17-11-15-43(35-45)41-68)30-32-63(57)74-60-28-8-4-24-54(60)55-25-5-9-29-61(55)74/h2-39H. The van der Waals surface area contributed by atoms with Crippen LogP contribution in [-0.2, 0) is 0 Å². The van der Waals surface area contributed by atoms with E-state index in [0.717, 1.165) is 105 Å². The molecule has 10 aromatic carbocycles. The lowest BCUT2D eigenvalue weighted by atomic mass is 9.98. The van der Waals surface area contributed by atoms with Crippen molar-refractivity contribution in [2.75, 3.05) is 0 Å². The molecular formula is C66H38N8. The molecule has 0 bridgehead atoms. The third kappa shape index (κ3) is 7.42. The van der Waals surface area contributed by atoms with Gasteiger partial charge in [0.15, 0.2) is 23.2 Å². The van der Waals surface area contributed by atoms with Gasteiger partial charge in [-0.3, -0.25) is 0 Å². The van der Waals surface area contributed by atoms with E-state index in [4.69, 9.17) is 21.5 Å². The summed E-state index contributed by atoms with van der Waals surface area (Å²) < 4.78 is 4.58. The van der Waals surface area contributed by atoms with Crippen LogP contribution in [0.5, 0.6) is 0 Å². The second-order valence-electron chi connectivity index (χ2n) is 18.1. The lowest BCUT2D eigenvalue weighted by Gasteiger charge is -2.18. The number of nitriles is 2. The van der Waals surface area contributed by atoms with Crippen molar-refractivity contribution in [1.82, 2.24) is 24.1 Å². The Morgan fingerprint density at radius 1 is 0.338 bits per heavy atom. The van der Waals surface area contributed by atoms with Gasteiger partial charge < -0.3 is 9.13 Å². The number of nitrogens with zero attached hydrogens (tertiary/aromatic N) is 8. The monoisotopic (exact) mass is 942 g/mol. The topological polar surface area (TPSA) is 100 Å². The Morgan fingerprint density at radius 3 is 1.26 bits per heavy atom. The number of hydrogen-bond donors (Lipinski definition) is 0. The molecular weight excluding hydrogens is 905 g/mol. The molecule has 0 saturated carbocycles. The van der Waals surface area contributed by atoms with Crippen molar-refractivity contribution in [3.8, 4) is 91.1 Å². The van der Waals surface area contributed by atoms with E-state index in [-0.39, 0.29) is 0 Å². The summed E-state index contributed by atoms with van der Waals surface area (Å²) in [5.41, 5.74) is 15.3. The lowest BCUT2D eigenvalue weighted by Crippen LogP contribution is -2.05. The number of rotatable bonds is 8. The molecule has 0 fully saturated rings. The summed E-state index contributed by atoms with van der Waals surface area (Å²) in [6.45, 7) is 8.00. The molecule has 8 nitrogen and oxygen atoms in total. The largest absolute Gasteiger partial charge is 0.309 e. The zero-order valence-corrected chi connectivity index (χ0v) is 39.5. The Balaban J connectivity index is 1.10. The Labute approximate surface area is 426 Å². The maximum atomic E-state index is 9.98. The highest BCUT2D eigenvalue weighted by Crippen LogP contribution is 2.42. The molecule has 13 aromatic rings. The average molecular weight is 943 g/mol. The minimum atomic E-state index is 0.444. The molecule has 0 atom stereocenters. The lowest BCUT2D eigenvalue weighted by molar-refractivity contribution is 1.06. The Kier molecular flexibility index (Phi) is 10.5. The maximum absolute atomic E-state index is 9.98. The van der Waals surface area contributed by atoms with Crippen LogP contribution in [0.25, 0.3) is 127 Å². The molecule has 3 aromatic heterocycles. The van der Waals surface area contributed by atoms with E-state index < -0.39 is 0 Å². The molecule has 0 aliphatic rings. The summed E-state index contributed by atoms with van der Waals surface area (Å²) in [5, 5.41) is 24.3. The predicted octanol–water partition coefficient (Wildman–Crippen LogP) is 16.4. The van der Waals surface area contributed by atoms with Crippen LogP contribution >= 0.6 is 0 Å². The normalized spacial score (nSPS) is 11.2. The van der Waals surface area contributed by atoms with Crippen LogP contribution < -0.4 is 0 Å². The van der Waals surface area contributed by atoms with Crippen LogP contribution in [-0.4, -0.2) is 24.1 Å². The van der Waals surface area contributed by atoms with E-state index >= 15 is 0 Å². The van der Waals surface area contributed by atoms with Gasteiger partial charge in [0.1, 0.15) is 0 Å². The van der Waals surface area contributed by atoms with Gasteiger partial charge in [-0.25, -0.2) is 19.8 Å². The minimum absolute atomic E-state index is 0.444. The first-order valence-corrected chi connectivity index (χ1v) is 24.1. The number of hydrogen-bond acceptors (Lipinski definition) is 5. The van der Waals surface area contributed by atoms with E-state index in [1.807, 2.05) is 84.9 Å². The van der Waals surface area contributed by atoms with E-state index in [1.54, 1.807) is 6.07 Å². The first-order valence-electron chi connectivity index (χ1n) is 24.1. The molecule has 0 aliphatic heterocycles. The van der Waals surface area contributed by atoms with Crippen LogP contribution in [0.15, 0.2) is 231 Å². The van der Waals surface area contributed by atoms with Gasteiger partial charge in [-0.1, -0.05) is 140 Å². The maximum Gasteiger partial charge on any atom is 0.187 e. The molecule has 0 saturated heterocycles. The third-order valence-electron chi connectivity index (χ3n) is 13.8. The number of para-hydroxylation sites is 4. The van der Waals surface area contributed by atoms with Gasteiger partial charge in [0.2, 0.25) is 0 Å². The van der Waals surface area contributed by atoms with Crippen molar-refractivity contribution in [2.24, 2.45) is 0 Å². The molecule has 0 spiro atoms.